The summed E-state index contributed by atoms with van der Waals surface area (Å²) in [6, 6.07) is 14.0. The van der Waals surface area contributed by atoms with E-state index in [1.165, 1.54) is 0 Å². The molecule has 6 heteroatoms. The molecule has 1 saturated carbocycles. The van der Waals surface area contributed by atoms with Gasteiger partial charge in [-0.1, -0.05) is 30.3 Å². The van der Waals surface area contributed by atoms with Crippen molar-refractivity contribution in [3.63, 3.8) is 0 Å². The number of hydrogen-bond acceptors (Lipinski definition) is 5. The highest BCUT2D eigenvalue weighted by atomic mass is 16.5. The molecule has 6 nitrogen and oxygen atoms in total. The quantitative estimate of drug-likeness (QED) is 0.669. The molecular formula is C22H25NO5. The van der Waals surface area contributed by atoms with Crippen LogP contribution in [0.2, 0.25) is 0 Å². The molecule has 1 aliphatic carbocycles. The van der Waals surface area contributed by atoms with E-state index in [0.29, 0.717) is 35.8 Å². The van der Waals surface area contributed by atoms with Gasteiger partial charge in [-0.25, -0.2) is 4.79 Å². The third-order valence-electron chi connectivity index (χ3n) is 4.27. The lowest BCUT2D eigenvalue weighted by Crippen LogP contribution is -2.33. The van der Waals surface area contributed by atoms with E-state index < -0.39 is 12.1 Å². The monoisotopic (exact) mass is 383 g/mol. The molecule has 1 atom stereocenters. The smallest absolute Gasteiger partial charge is 0.339 e. The maximum absolute atomic E-state index is 12.8. The van der Waals surface area contributed by atoms with Crippen molar-refractivity contribution in [1.29, 1.82) is 0 Å². The SMILES string of the molecule is CCOc1ccc(C(=O)OC(C(=O)NC2CC2)c2ccccc2)cc1OCC. The molecule has 2 aromatic carbocycles. The molecule has 0 radical (unpaired) electrons. The molecule has 0 spiro atoms. The van der Waals surface area contributed by atoms with Crippen molar-refractivity contribution < 1.29 is 23.8 Å². The summed E-state index contributed by atoms with van der Waals surface area (Å²) in [4.78, 5) is 25.4. The third-order valence-corrected chi connectivity index (χ3v) is 4.27. The van der Waals surface area contributed by atoms with Crippen LogP contribution < -0.4 is 14.8 Å². The lowest BCUT2D eigenvalue weighted by Gasteiger charge is -2.18. The molecule has 3 rings (SSSR count). The van der Waals surface area contributed by atoms with Crippen molar-refractivity contribution in [2.75, 3.05) is 13.2 Å². The molecule has 0 aromatic heterocycles. The van der Waals surface area contributed by atoms with Gasteiger partial charge >= 0.3 is 5.97 Å². The number of carbonyl (C=O) groups is 2. The fourth-order valence-electron chi connectivity index (χ4n) is 2.76. The van der Waals surface area contributed by atoms with Gasteiger partial charge in [0.25, 0.3) is 5.91 Å². The summed E-state index contributed by atoms with van der Waals surface area (Å²) in [5, 5.41) is 2.91. The normalized spacial score (nSPS) is 14.1. The van der Waals surface area contributed by atoms with Crippen molar-refractivity contribution in [2.24, 2.45) is 0 Å². The van der Waals surface area contributed by atoms with Gasteiger partial charge in [-0.05, 0) is 44.9 Å². The average Bonchev–Trinajstić information content (AvgIpc) is 3.52. The van der Waals surface area contributed by atoms with Crippen LogP contribution in [0.1, 0.15) is 48.7 Å². The van der Waals surface area contributed by atoms with Crippen molar-refractivity contribution in [1.82, 2.24) is 5.32 Å². The van der Waals surface area contributed by atoms with E-state index in [-0.39, 0.29) is 11.9 Å². The molecule has 0 saturated heterocycles. The van der Waals surface area contributed by atoms with Gasteiger partial charge in [0.05, 0.1) is 18.8 Å². The Kier molecular flexibility index (Phi) is 6.53. The predicted octanol–water partition coefficient (Wildman–Crippen LogP) is 3.66. The van der Waals surface area contributed by atoms with E-state index in [1.54, 1.807) is 30.3 Å². The standard InChI is InChI=1S/C22H25NO5/c1-3-26-18-13-10-16(14-19(18)27-4-2)22(25)28-20(15-8-6-5-7-9-15)21(24)23-17-11-12-17/h5-10,13-14,17,20H,3-4,11-12H2,1-2H3,(H,23,24). The fourth-order valence-corrected chi connectivity index (χ4v) is 2.76. The Hall–Kier alpha value is -3.02. The van der Waals surface area contributed by atoms with Crippen molar-refractivity contribution in [2.45, 2.75) is 38.8 Å². The largest absolute Gasteiger partial charge is 0.490 e. The zero-order valence-corrected chi connectivity index (χ0v) is 16.1. The van der Waals surface area contributed by atoms with Crippen LogP contribution in [0.15, 0.2) is 48.5 Å². The molecule has 28 heavy (non-hydrogen) atoms. The van der Waals surface area contributed by atoms with E-state index in [4.69, 9.17) is 14.2 Å². The minimum absolute atomic E-state index is 0.174. The Bertz CT molecular complexity index is 817. The van der Waals surface area contributed by atoms with Gasteiger partial charge in [0, 0.05) is 11.6 Å². The van der Waals surface area contributed by atoms with Crippen LogP contribution in [0.25, 0.3) is 0 Å². The zero-order valence-electron chi connectivity index (χ0n) is 16.1. The number of esters is 1. The number of ether oxygens (including phenoxy) is 3. The molecule has 1 N–H and O–H groups in total. The van der Waals surface area contributed by atoms with E-state index in [1.807, 2.05) is 32.0 Å². The van der Waals surface area contributed by atoms with Crippen molar-refractivity contribution in [3.05, 3.63) is 59.7 Å². The van der Waals surface area contributed by atoms with Gasteiger partial charge < -0.3 is 19.5 Å². The lowest BCUT2D eigenvalue weighted by molar-refractivity contribution is -0.130. The fraction of sp³-hybridized carbons (Fsp3) is 0.364. The van der Waals surface area contributed by atoms with Crippen LogP contribution in [0.4, 0.5) is 0 Å². The number of rotatable bonds is 9. The van der Waals surface area contributed by atoms with E-state index in [2.05, 4.69) is 5.32 Å². The van der Waals surface area contributed by atoms with E-state index in [9.17, 15) is 9.59 Å². The van der Waals surface area contributed by atoms with Gasteiger partial charge in [-0.3, -0.25) is 4.79 Å². The maximum atomic E-state index is 12.8. The van der Waals surface area contributed by atoms with Crippen LogP contribution in [0.5, 0.6) is 11.5 Å². The molecule has 0 bridgehead atoms. The average molecular weight is 383 g/mol. The van der Waals surface area contributed by atoms with Crippen LogP contribution >= 0.6 is 0 Å². The van der Waals surface area contributed by atoms with Crippen LogP contribution in [-0.2, 0) is 9.53 Å². The summed E-state index contributed by atoms with van der Waals surface area (Å²) in [6.07, 6.45) is 0.909. The Morgan fingerprint density at radius 3 is 2.32 bits per heavy atom. The molecule has 1 unspecified atom stereocenters. The number of nitrogens with one attached hydrogen (secondary N) is 1. The van der Waals surface area contributed by atoms with Crippen LogP contribution in [0.3, 0.4) is 0 Å². The first-order valence-electron chi connectivity index (χ1n) is 9.58. The second-order valence-electron chi connectivity index (χ2n) is 6.51. The molecule has 0 heterocycles. The third kappa shape index (κ3) is 5.03. The molecule has 0 aliphatic heterocycles. The Morgan fingerprint density at radius 2 is 1.68 bits per heavy atom. The predicted molar refractivity (Wildman–Crippen MR) is 105 cm³/mol. The van der Waals surface area contributed by atoms with Gasteiger partial charge in [0.1, 0.15) is 0 Å². The molecule has 1 fully saturated rings. The maximum Gasteiger partial charge on any atom is 0.339 e. The highest BCUT2D eigenvalue weighted by molar-refractivity contribution is 5.93. The Morgan fingerprint density at radius 1 is 1.00 bits per heavy atom. The van der Waals surface area contributed by atoms with E-state index >= 15 is 0 Å². The number of hydrogen-bond donors (Lipinski definition) is 1. The highest BCUT2D eigenvalue weighted by Gasteiger charge is 2.31. The summed E-state index contributed by atoms with van der Waals surface area (Å²) in [6.45, 7) is 4.66. The summed E-state index contributed by atoms with van der Waals surface area (Å²) in [5.41, 5.74) is 0.928. The highest BCUT2D eigenvalue weighted by Crippen LogP contribution is 2.30. The minimum atomic E-state index is -1.00. The summed E-state index contributed by atoms with van der Waals surface area (Å²) >= 11 is 0. The summed E-state index contributed by atoms with van der Waals surface area (Å²) in [5.74, 6) is 0.131. The summed E-state index contributed by atoms with van der Waals surface area (Å²) < 4.78 is 16.7. The zero-order chi connectivity index (χ0) is 19.9. The van der Waals surface area contributed by atoms with Gasteiger partial charge in [0.15, 0.2) is 11.5 Å². The van der Waals surface area contributed by atoms with Crippen LogP contribution in [-0.4, -0.2) is 31.1 Å². The topological polar surface area (TPSA) is 73.9 Å². The second kappa shape index (κ2) is 9.26. The second-order valence-corrected chi connectivity index (χ2v) is 6.51. The van der Waals surface area contributed by atoms with Gasteiger partial charge in [0.2, 0.25) is 6.10 Å². The molecule has 148 valence electrons. The Labute approximate surface area is 164 Å². The number of carbonyl (C=O) groups excluding carboxylic acids is 2. The molecular weight excluding hydrogens is 358 g/mol. The Balaban J connectivity index is 1.80. The first-order chi connectivity index (χ1) is 13.6. The first kappa shape index (κ1) is 19.7. The van der Waals surface area contributed by atoms with E-state index in [0.717, 1.165) is 12.8 Å². The van der Waals surface area contributed by atoms with Gasteiger partial charge in [-0.2, -0.15) is 0 Å². The summed E-state index contributed by atoms with van der Waals surface area (Å²) in [7, 11) is 0. The number of benzene rings is 2. The molecule has 2 aromatic rings. The van der Waals surface area contributed by atoms with Crippen molar-refractivity contribution in [3.8, 4) is 11.5 Å². The van der Waals surface area contributed by atoms with Gasteiger partial charge in [-0.15, -0.1) is 0 Å². The molecule has 1 amide bonds. The van der Waals surface area contributed by atoms with Crippen molar-refractivity contribution >= 4 is 11.9 Å². The van der Waals surface area contributed by atoms with Crippen LogP contribution in [0, 0.1) is 0 Å². The molecule has 1 aliphatic rings. The minimum Gasteiger partial charge on any atom is -0.490 e. The lowest BCUT2D eigenvalue weighted by atomic mass is 10.1. The first-order valence-corrected chi connectivity index (χ1v) is 9.58. The number of amides is 1.